The van der Waals surface area contributed by atoms with Crippen molar-refractivity contribution in [2.45, 2.75) is 31.2 Å². The minimum absolute atomic E-state index is 0.170. The predicted molar refractivity (Wildman–Crippen MR) is 59.4 cm³/mol. The third-order valence-corrected chi connectivity index (χ3v) is 3.74. The number of rotatable bonds is 4. The maximum Gasteiger partial charge on any atom is 0.237 e. The Morgan fingerprint density at radius 2 is 2.07 bits per heavy atom. The molecule has 0 aromatic heterocycles. The van der Waals surface area contributed by atoms with E-state index in [0.717, 1.165) is 38.4 Å². The lowest BCUT2D eigenvalue weighted by molar-refractivity contribution is -0.126. The van der Waals surface area contributed by atoms with Gasteiger partial charge in [0.15, 0.2) is 0 Å². The van der Waals surface area contributed by atoms with Gasteiger partial charge in [-0.3, -0.25) is 4.79 Å². The second-order valence-electron chi connectivity index (χ2n) is 5.07. The Bertz CT molecular complexity index is 242. The predicted octanol–water partition coefficient (Wildman–Crippen LogP) is -0.0643. The van der Waals surface area contributed by atoms with Crippen molar-refractivity contribution >= 4 is 5.91 Å². The van der Waals surface area contributed by atoms with Gasteiger partial charge in [0.05, 0.1) is 0 Å². The molecule has 1 aliphatic carbocycles. The van der Waals surface area contributed by atoms with Gasteiger partial charge in [0.1, 0.15) is 5.54 Å². The second kappa shape index (κ2) is 4.10. The molecule has 0 radical (unpaired) electrons. The zero-order valence-electron chi connectivity index (χ0n) is 9.46. The number of carbonyl (C=O) groups is 1. The lowest BCUT2D eigenvalue weighted by Gasteiger charge is -2.39. The molecule has 1 saturated carbocycles. The van der Waals surface area contributed by atoms with Crippen LogP contribution in [0.3, 0.4) is 0 Å². The number of nitrogens with zero attached hydrogens (tertiary/aromatic N) is 1. The molecule has 86 valence electrons. The van der Waals surface area contributed by atoms with Gasteiger partial charge in [-0.25, -0.2) is 0 Å². The number of hydrogen-bond acceptors (Lipinski definition) is 3. The summed E-state index contributed by atoms with van der Waals surface area (Å²) in [4.78, 5) is 13.8. The van der Waals surface area contributed by atoms with E-state index in [1.54, 1.807) is 0 Å². The molecule has 1 heterocycles. The van der Waals surface area contributed by atoms with Crippen LogP contribution in [0.4, 0.5) is 0 Å². The molecular formula is C11H21N3O. The molecule has 2 fully saturated rings. The number of carbonyl (C=O) groups excluding carboxylic acids is 1. The van der Waals surface area contributed by atoms with Gasteiger partial charge in [0.25, 0.3) is 0 Å². The van der Waals surface area contributed by atoms with Gasteiger partial charge >= 0.3 is 0 Å². The summed E-state index contributed by atoms with van der Waals surface area (Å²) in [7, 11) is 2.09. The van der Waals surface area contributed by atoms with Crippen molar-refractivity contribution in [3.63, 3.8) is 0 Å². The van der Waals surface area contributed by atoms with E-state index in [9.17, 15) is 4.79 Å². The van der Waals surface area contributed by atoms with E-state index in [1.165, 1.54) is 12.8 Å². The highest BCUT2D eigenvalue weighted by molar-refractivity contribution is 5.84. The van der Waals surface area contributed by atoms with Crippen molar-refractivity contribution in [2.24, 2.45) is 11.7 Å². The Kier molecular flexibility index (Phi) is 2.98. The Hall–Kier alpha value is -0.610. The molecule has 15 heavy (non-hydrogen) atoms. The van der Waals surface area contributed by atoms with Gasteiger partial charge < -0.3 is 16.0 Å². The first-order valence-corrected chi connectivity index (χ1v) is 5.86. The van der Waals surface area contributed by atoms with Crippen molar-refractivity contribution < 1.29 is 4.79 Å². The van der Waals surface area contributed by atoms with Crippen molar-refractivity contribution in [2.75, 3.05) is 26.7 Å². The fourth-order valence-electron chi connectivity index (χ4n) is 2.17. The van der Waals surface area contributed by atoms with E-state index in [0.29, 0.717) is 0 Å². The van der Waals surface area contributed by atoms with Crippen LogP contribution in [0, 0.1) is 5.92 Å². The molecule has 1 aliphatic heterocycles. The van der Waals surface area contributed by atoms with Crippen LogP contribution in [0.5, 0.6) is 0 Å². The summed E-state index contributed by atoms with van der Waals surface area (Å²) in [5.74, 6) is 0.622. The third kappa shape index (κ3) is 2.49. The summed E-state index contributed by atoms with van der Waals surface area (Å²) in [5.41, 5.74) is 5.11. The van der Waals surface area contributed by atoms with Crippen molar-refractivity contribution in [3.05, 3.63) is 0 Å². The minimum Gasteiger partial charge on any atom is -0.368 e. The number of piperidine rings is 1. The molecule has 0 aromatic rings. The van der Waals surface area contributed by atoms with Crippen molar-refractivity contribution in [1.82, 2.24) is 10.2 Å². The maximum atomic E-state index is 11.6. The summed E-state index contributed by atoms with van der Waals surface area (Å²) in [5, 5.41) is 3.42. The molecule has 0 atom stereocenters. The number of likely N-dealkylation sites (tertiary alicyclic amines) is 1. The largest absolute Gasteiger partial charge is 0.368 e. The fourth-order valence-corrected chi connectivity index (χ4v) is 2.17. The number of primary amides is 1. The highest BCUT2D eigenvalue weighted by Gasteiger charge is 2.39. The second-order valence-corrected chi connectivity index (χ2v) is 5.07. The zero-order chi connectivity index (χ0) is 10.9. The molecule has 2 rings (SSSR count). The Morgan fingerprint density at radius 3 is 2.53 bits per heavy atom. The van der Waals surface area contributed by atoms with Crippen LogP contribution in [0.1, 0.15) is 25.7 Å². The first-order valence-electron chi connectivity index (χ1n) is 5.86. The average molecular weight is 211 g/mol. The van der Waals surface area contributed by atoms with Crippen LogP contribution in [-0.2, 0) is 4.79 Å². The van der Waals surface area contributed by atoms with Crippen molar-refractivity contribution in [3.8, 4) is 0 Å². The Morgan fingerprint density at radius 1 is 1.47 bits per heavy atom. The van der Waals surface area contributed by atoms with E-state index in [-0.39, 0.29) is 5.91 Å². The van der Waals surface area contributed by atoms with Gasteiger partial charge in [-0.2, -0.15) is 0 Å². The molecule has 4 nitrogen and oxygen atoms in total. The normalized spacial score (nSPS) is 26.5. The molecule has 1 saturated heterocycles. The van der Waals surface area contributed by atoms with Gasteiger partial charge in [-0.1, -0.05) is 0 Å². The molecule has 4 heteroatoms. The van der Waals surface area contributed by atoms with Gasteiger partial charge in [-0.05, 0) is 45.2 Å². The highest BCUT2D eigenvalue weighted by Crippen LogP contribution is 2.30. The fraction of sp³-hybridized carbons (Fsp3) is 0.909. The monoisotopic (exact) mass is 211 g/mol. The molecule has 0 bridgehead atoms. The van der Waals surface area contributed by atoms with Crippen LogP contribution in [0.2, 0.25) is 0 Å². The topological polar surface area (TPSA) is 58.4 Å². The zero-order valence-corrected chi connectivity index (χ0v) is 9.46. The van der Waals surface area contributed by atoms with Crippen molar-refractivity contribution in [1.29, 1.82) is 0 Å². The lowest BCUT2D eigenvalue weighted by atomic mass is 9.86. The molecule has 3 N–H and O–H groups in total. The van der Waals surface area contributed by atoms with E-state index in [1.807, 2.05) is 0 Å². The summed E-state index contributed by atoms with van der Waals surface area (Å²) in [6.45, 7) is 2.88. The molecule has 0 unspecified atom stereocenters. The minimum atomic E-state index is -0.422. The van der Waals surface area contributed by atoms with Gasteiger partial charge in [0.2, 0.25) is 5.91 Å². The first-order chi connectivity index (χ1) is 7.12. The number of hydrogen-bond donors (Lipinski definition) is 2. The lowest BCUT2D eigenvalue weighted by Crippen LogP contribution is -2.60. The van der Waals surface area contributed by atoms with Crippen LogP contribution >= 0.6 is 0 Å². The van der Waals surface area contributed by atoms with E-state index < -0.39 is 5.54 Å². The Labute approximate surface area is 91.2 Å². The summed E-state index contributed by atoms with van der Waals surface area (Å²) in [6.07, 6.45) is 4.32. The number of nitrogens with two attached hydrogens (primary N) is 1. The smallest absolute Gasteiger partial charge is 0.237 e. The maximum absolute atomic E-state index is 11.6. The summed E-state index contributed by atoms with van der Waals surface area (Å²) < 4.78 is 0. The average Bonchev–Trinajstić information content (AvgIpc) is 3.01. The van der Waals surface area contributed by atoms with Crippen LogP contribution in [-0.4, -0.2) is 43.0 Å². The third-order valence-electron chi connectivity index (χ3n) is 3.74. The van der Waals surface area contributed by atoms with E-state index >= 15 is 0 Å². The molecule has 2 aliphatic rings. The highest BCUT2D eigenvalue weighted by atomic mass is 16.1. The first kappa shape index (κ1) is 10.9. The standard InChI is InChI=1S/C11H21N3O/c1-14-6-4-11(5-7-14,10(12)15)13-8-9-2-3-9/h9,13H,2-8H2,1H3,(H2,12,15). The molecule has 1 amide bonds. The summed E-state index contributed by atoms with van der Waals surface area (Å²) >= 11 is 0. The van der Waals surface area contributed by atoms with Gasteiger partial charge in [-0.15, -0.1) is 0 Å². The van der Waals surface area contributed by atoms with Crippen LogP contribution < -0.4 is 11.1 Å². The molecule has 0 spiro atoms. The van der Waals surface area contributed by atoms with Crippen LogP contribution in [0.25, 0.3) is 0 Å². The molecular weight excluding hydrogens is 190 g/mol. The van der Waals surface area contributed by atoms with Gasteiger partial charge in [0, 0.05) is 13.1 Å². The van der Waals surface area contributed by atoms with E-state index in [2.05, 4.69) is 17.3 Å². The number of nitrogens with one attached hydrogen (secondary N) is 1. The molecule has 0 aromatic carbocycles. The van der Waals surface area contributed by atoms with Crippen LogP contribution in [0.15, 0.2) is 0 Å². The van der Waals surface area contributed by atoms with E-state index in [4.69, 9.17) is 5.73 Å². The summed E-state index contributed by atoms with van der Waals surface area (Å²) in [6, 6.07) is 0. The quantitative estimate of drug-likeness (QED) is 0.684. The Balaban J connectivity index is 1.93. The SMILES string of the molecule is CN1CCC(NCC2CC2)(C(N)=O)CC1. The number of amides is 1.